The third-order valence-electron chi connectivity index (χ3n) is 1.25. The van der Waals surface area contributed by atoms with Crippen molar-refractivity contribution < 1.29 is 9.84 Å². The molecule has 0 atom stereocenters. The largest absolute Gasteiger partial charge is 0.503 e. The minimum Gasteiger partial charge on any atom is -0.503 e. The Morgan fingerprint density at radius 2 is 2.18 bits per heavy atom. The van der Waals surface area contributed by atoms with Gasteiger partial charge in [0.1, 0.15) is 0 Å². The van der Waals surface area contributed by atoms with Crippen molar-refractivity contribution in [3.63, 3.8) is 0 Å². The van der Waals surface area contributed by atoms with Crippen molar-refractivity contribution in [1.82, 2.24) is 0 Å². The molecule has 0 amide bonds. The average molecular weight is 284 g/mol. The maximum Gasteiger partial charge on any atom is 0.177 e. The summed E-state index contributed by atoms with van der Waals surface area (Å²) in [5.74, 6) is 0.400. The molecule has 4 heteroatoms. The summed E-state index contributed by atoms with van der Waals surface area (Å²) >= 11 is 7.76. The third kappa shape index (κ3) is 1.70. The first-order chi connectivity index (χ1) is 5.16. The predicted molar refractivity (Wildman–Crippen MR) is 52.4 cm³/mol. The molecule has 11 heavy (non-hydrogen) atoms. The normalized spacial score (nSPS) is 9.73. The molecule has 0 fully saturated rings. The van der Waals surface area contributed by atoms with Crippen LogP contribution in [0.4, 0.5) is 0 Å². The lowest BCUT2D eigenvalue weighted by molar-refractivity contribution is 0.373. The van der Waals surface area contributed by atoms with Crippen LogP contribution in [0, 0.1) is 3.57 Å². The molecule has 2 nitrogen and oxygen atoms in total. The lowest BCUT2D eigenvalue weighted by atomic mass is 10.3. The summed E-state index contributed by atoms with van der Waals surface area (Å²) in [5, 5.41) is 9.65. The first-order valence-electron chi connectivity index (χ1n) is 2.87. The monoisotopic (exact) mass is 284 g/mol. The van der Waals surface area contributed by atoms with Crippen molar-refractivity contribution in [3.05, 3.63) is 20.7 Å². The lowest BCUT2D eigenvalue weighted by Gasteiger charge is -2.04. The Morgan fingerprint density at radius 3 is 2.73 bits per heavy atom. The van der Waals surface area contributed by atoms with Crippen molar-refractivity contribution in [2.24, 2.45) is 0 Å². The minimum absolute atomic E-state index is 0.000988. The summed E-state index contributed by atoms with van der Waals surface area (Å²) in [6.45, 7) is 0. The lowest BCUT2D eigenvalue weighted by Crippen LogP contribution is -1.85. The number of methoxy groups -OCH3 is 1. The standard InChI is InChI=1S/C7H6ClIO2/c1-11-5-3-2-4(9)6(8)7(5)10/h2-3,10H,1H3. The summed E-state index contributed by atoms with van der Waals surface area (Å²) in [7, 11) is 1.48. The molecule has 1 aromatic rings. The SMILES string of the molecule is COc1ccc(I)c(Cl)c1O. The van der Waals surface area contributed by atoms with Gasteiger partial charge in [0.15, 0.2) is 11.5 Å². The third-order valence-corrected chi connectivity index (χ3v) is 2.85. The van der Waals surface area contributed by atoms with Crippen molar-refractivity contribution >= 4 is 34.2 Å². The van der Waals surface area contributed by atoms with Gasteiger partial charge in [-0.25, -0.2) is 0 Å². The van der Waals surface area contributed by atoms with Crippen molar-refractivity contribution in [3.8, 4) is 11.5 Å². The van der Waals surface area contributed by atoms with Crippen molar-refractivity contribution in [1.29, 1.82) is 0 Å². The number of aromatic hydroxyl groups is 1. The molecule has 1 N–H and O–H groups in total. The Morgan fingerprint density at radius 1 is 1.55 bits per heavy atom. The van der Waals surface area contributed by atoms with Crippen LogP contribution in [-0.4, -0.2) is 12.2 Å². The van der Waals surface area contributed by atoms with Crippen LogP contribution in [0.3, 0.4) is 0 Å². The van der Waals surface area contributed by atoms with Crippen LogP contribution < -0.4 is 4.74 Å². The second kappa shape index (κ2) is 3.49. The highest BCUT2D eigenvalue weighted by Crippen LogP contribution is 2.36. The molecule has 1 aromatic carbocycles. The zero-order valence-electron chi connectivity index (χ0n) is 5.77. The quantitative estimate of drug-likeness (QED) is 0.804. The summed E-state index contributed by atoms with van der Waals surface area (Å²) in [6, 6.07) is 3.45. The van der Waals surface area contributed by atoms with E-state index < -0.39 is 0 Å². The van der Waals surface area contributed by atoms with E-state index in [0.29, 0.717) is 10.8 Å². The van der Waals surface area contributed by atoms with Gasteiger partial charge in [-0.15, -0.1) is 0 Å². The van der Waals surface area contributed by atoms with Crippen molar-refractivity contribution in [2.75, 3.05) is 7.11 Å². The van der Waals surface area contributed by atoms with Gasteiger partial charge in [0.05, 0.1) is 12.1 Å². The molecular formula is C7H6ClIO2. The fraction of sp³-hybridized carbons (Fsp3) is 0.143. The number of hydrogen-bond donors (Lipinski definition) is 1. The molecule has 0 saturated heterocycles. The summed E-state index contributed by atoms with van der Waals surface area (Å²) in [4.78, 5) is 0. The van der Waals surface area contributed by atoms with Crippen LogP contribution in [0.2, 0.25) is 5.02 Å². The van der Waals surface area contributed by atoms with Gasteiger partial charge in [-0.1, -0.05) is 11.6 Å². The first kappa shape index (κ1) is 8.93. The number of benzene rings is 1. The van der Waals surface area contributed by atoms with Gasteiger partial charge in [0.2, 0.25) is 0 Å². The zero-order valence-corrected chi connectivity index (χ0v) is 8.68. The van der Waals surface area contributed by atoms with Gasteiger partial charge >= 0.3 is 0 Å². The van der Waals surface area contributed by atoms with Crippen LogP contribution in [0.5, 0.6) is 11.5 Å². The second-order valence-electron chi connectivity index (χ2n) is 1.91. The molecule has 1 rings (SSSR count). The predicted octanol–water partition coefficient (Wildman–Crippen LogP) is 2.66. The molecule has 0 aliphatic heterocycles. The molecule has 0 aromatic heterocycles. The Balaban J connectivity index is 3.25. The molecule has 0 aliphatic rings. The molecule has 0 heterocycles. The topological polar surface area (TPSA) is 29.5 Å². The van der Waals surface area contributed by atoms with Gasteiger partial charge in [-0.2, -0.15) is 0 Å². The minimum atomic E-state index is 0.000988. The molecular weight excluding hydrogens is 278 g/mol. The van der Waals surface area contributed by atoms with E-state index in [1.54, 1.807) is 12.1 Å². The summed E-state index contributed by atoms with van der Waals surface area (Å²) in [5.41, 5.74) is 0. The van der Waals surface area contributed by atoms with Gasteiger partial charge in [-0.05, 0) is 34.7 Å². The smallest absolute Gasteiger partial charge is 0.177 e. The van der Waals surface area contributed by atoms with Crippen LogP contribution >= 0.6 is 34.2 Å². The molecule has 0 unspecified atom stereocenters. The second-order valence-corrected chi connectivity index (χ2v) is 3.45. The highest BCUT2D eigenvalue weighted by atomic mass is 127. The van der Waals surface area contributed by atoms with E-state index in [1.165, 1.54) is 7.11 Å². The molecule has 0 radical (unpaired) electrons. The number of rotatable bonds is 1. The zero-order chi connectivity index (χ0) is 8.43. The molecule has 60 valence electrons. The average Bonchev–Trinajstić information content (AvgIpc) is 2.01. The van der Waals surface area contributed by atoms with E-state index in [-0.39, 0.29) is 5.75 Å². The van der Waals surface area contributed by atoms with Gasteiger partial charge < -0.3 is 9.84 Å². The van der Waals surface area contributed by atoms with E-state index in [9.17, 15) is 5.11 Å². The van der Waals surface area contributed by atoms with Crippen LogP contribution in [0.1, 0.15) is 0 Å². The highest BCUT2D eigenvalue weighted by molar-refractivity contribution is 14.1. The molecule has 0 aliphatic carbocycles. The van der Waals surface area contributed by atoms with Gasteiger partial charge in [0, 0.05) is 3.57 Å². The van der Waals surface area contributed by atoms with E-state index in [0.717, 1.165) is 3.57 Å². The first-order valence-corrected chi connectivity index (χ1v) is 4.33. The van der Waals surface area contributed by atoms with Crippen LogP contribution in [-0.2, 0) is 0 Å². The molecule has 0 saturated carbocycles. The van der Waals surface area contributed by atoms with Gasteiger partial charge in [-0.3, -0.25) is 0 Å². The van der Waals surface area contributed by atoms with E-state index in [1.807, 2.05) is 22.6 Å². The number of ether oxygens (including phenoxy) is 1. The Hall–Kier alpha value is -0.160. The highest BCUT2D eigenvalue weighted by Gasteiger charge is 2.08. The Bertz CT molecular complexity index is 275. The van der Waals surface area contributed by atoms with E-state index >= 15 is 0 Å². The van der Waals surface area contributed by atoms with Crippen molar-refractivity contribution in [2.45, 2.75) is 0 Å². The fourth-order valence-corrected chi connectivity index (χ4v) is 1.28. The number of hydrogen-bond acceptors (Lipinski definition) is 2. The van der Waals surface area contributed by atoms with E-state index in [2.05, 4.69) is 0 Å². The number of phenolic OH excluding ortho intramolecular Hbond substituents is 1. The maximum absolute atomic E-state index is 9.32. The summed E-state index contributed by atoms with van der Waals surface area (Å²) in [6.07, 6.45) is 0. The van der Waals surface area contributed by atoms with Crippen LogP contribution in [0.25, 0.3) is 0 Å². The van der Waals surface area contributed by atoms with Gasteiger partial charge in [0.25, 0.3) is 0 Å². The molecule has 0 bridgehead atoms. The number of phenols is 1. The number of halogens is 2. The maximum atomic E-state index is 9.32. The van der Waals surface area contributed by atoms with E-state index in [4.69, 9.17) is 16.3 Å². The van der Waals surface area contributed by atoms with Crippen LogP contribution in [0.15, 0.2) is 12.1 Å². The molecule has 0 spiro atoms. The fourth-order valence-electron chi connectivity index (χ4n) is 0.687. The summed E-state index contributed by atoms with van der Waals surface area (Å²) < 4.78 is 5.65. The Labute approximate surface area is 83.3 Å². The Kier molecular flexibility index (Phi) is 2.84.